The lowest BCUT2D eigenvalue weighted by atomic mass is 10.1. The maximum absolute atomic E-state index is 6.28. The highest BCUT2D eigenvalue weighted by atomic mass is 16.5. The Hall–Kier alpha value is -3.12. The van der Waals surface area contributed by atoms with Crippen molar-refractivity contribution in [2.45, 2.75) is 12.5 Å². The third-order valence-electron chi connectivity index (χ3n) is 4.22. The first-order valence-electron chi connectivity index (χ1n) is 8.03. The van der Waals surface area contributed by atoms with Crippen LogP contribution < -0.4 is 10.5 Å². The number of nitrogens with two attached hydrogens (primary N) is 1. The fraction of sp³-hybridized carbons (Fsp3) is 0.158. The van der Waals surface area contributed by atoms with Crippen LogP contribution in [0.5, 0.6) is 5.75 Å². The highest BCUT2D eigenvalue weighted by molar-refractivity contribution is 5.83. The molecule has 4 aromatic rings. The van der Waals surface area contributed by atoms with Gasteiger partial charge in [-0.05, 0) is 42.3 Å². The molecule has 0 bridgehead atoms. The molecule has 0 aliphatic carbocycles. The van der Waals surface area contributed by atoms with Crippen LogP contribution in [0, 0.1) is 0 Å². The first kappa shape index (κ1) is 15.4. The van der Waals surface area contributed by atoms with E-state index in [0.29, 0.717) is 18.1 Å². The Morgan fingerprint density at radius 3 is 2.76 bits per heavy atom. The van der Waals surface area contributed by atoms with E-state index in [4.69, 9.17) is 15.0 Å². The standard InChI is InChI=1S/C19H18N4O2/c1-24-14-8-6-12(7-9-14)18-22-19(25-23-18)16(20)10-13-11-21-17-5-3-2-4-15(13)17/h2-9,11,16,21H,10,20H2,1H3/t16-/m0/s1. The zero-order chi connectivity index (χ0) is 17.2. The number of aromatic amines is 1. The van der Waals surface area contributed by atoms with E-state index >= 15 is 0 Å². The molecule has 2 heterocycles. The maximum Gasteiger partial charge on any atom is 0.244 e. The summed E-state index contributed by atoms with van der Waals surface area (Å²) in [7, 11) is 1.63. The Labute approximate surface area is 144 Å². The van der Waals surface area contributed by atoms with E-state index in [1.54, 1.807) is 7.11 Å². The van der Waals surface area contributed by atoms with Crippen molar-refractivity contribution in [2.75, 3.05) is 7.11 Å². The summed E-state index contributed by atoms with van der Waals surface area (Å²) >= 11 is 0. The van der Waals surface area contributed by atoms with Crippen LogP contribution in [-0.4, -0.2) is 22.2 Å². The number of ether oxygens (including phenoxy) is 1. The lowest BCUT2D eigenvalue weighted by molar-refractivity contribution is 0.354. The van der Waals surface area contributed by atoms with Crippen molar-refractivity contribution in [3.63, 3.8) is 0 Å². The van der Waals surface area contributed by atoms with E-state index in [0.717, 1.165) is 27.8 Å². The minimum atomic E-state index is -0.362. The molecule has 0 spiro atoms. The largest absolute Gasteiger partial charge is 0.497 e. The molecule has 1 atom stereocenters. The number of aromatic nitrogens is 3. The fourth-order valence-corrected chi connectivity index (χ4v) is 2.87. The molecule has 6 heteroatoms. The van der Waals surface area contributed by atoms with Crippen molar-refractivity contribution < 1.29 is 9.26 Å². The van der Waals surface area contributed by atoms with Gasteiger partial charge in [-0.2, -0.15) is 4.98 Å². The number of para-hydroxylation sites is 1. The second-order valence-electron chi connectivity index (χ2n) is 5.85. The number of methoxy groups -OCH3 is 1. The minimum absolute atomic E-state index is 0.362. The van der Waals surface area contributed by atoms with Gasteiger partial charge in [0, 0.05) is 22.7 Å². The number of nitrogens with one attached hydrogen (secondary N) is 1. The van der Waals surface area contributed by atoms with Crippen molar-refractivity contribution in [1.82, 2.24) is 15.1 Å². The van der Waals surface area contributed by atoms with Crippen molar-refractivity contribution >= 4 is 10.9 Å². The molecular weight excluding hydrogens is 316 g/mol. The lowest BCUT2D eigenvalue weighted by Gasteiger charge is -2.05. The molecule has 0 radical (unpaired) electrons. The molecular formula is C19H18N4O2. The number of fused-ring (bicyclic) bond motifs is 1. The van der Waals surface area contributed by atoms with E-state index in [-0.39, 0.29) is 6.04 Å². The zero-order valence-corrected chi connectivity index (χ0v) is 13.8. The summed E-state index contributed by atoms with van der Waals surface area (Å²) in [6, 6.07) is 15.3. The summed E-state index contributed by atoms with van der Waals surface area (Å²) in [6.45, 7) is 0. The molecule has 0 unspecified atom stereocenters. The van der Waals surface area contributed by atoms with Gasteiger partial charge in [0.15, 0.2) is 0 Å². The second-order valence-corrected chi connectivity index (χ2v) is 5.85. The third kappa shape index (κ3) is 2.99. The summed E-state index contributed by atoms with van der Waals surface area (Å²) < 4.78 is 10.5. The Balaban J connectivity index is 1.54. The third-order valence-corrected chi connectivity index (χ3v) is 4.22. The van der Waals surface area contributed by atoms with Crippen LogP contribution in [0.3, 0.4) is 0 Å². The molecule has 0 saturated heterocycles. The van der Waals surface area contributed by atoms with Crippen LogP contribution in [0.15, 0.2) is 59.3 Å². The SMILES string of the molecule is COc1ccc(-c2noc([C@@H](N)Cc3c[nH]c4ccccc34)n2)cc1. The van der Waals surface area contributed by atoms with Gasteiger partial charge in [-0.1, -0.05) is 23.4 Å². The Bertz CT molecular complexity index is 988. The van der Waals surface area contributed by atoms with Gasteiger partial charge in [0.1, 0.15) is 5.75 Å². The van der Waals surface area contributed by atoms with Gasteiger partial charge in [-0.25, -0.2) is 0 Å². The lowest BCUT2D eigenvalue weighted by Crippen LogP contribution is -2.13. The predicted molar refractivity (Wildman–Crippen MR) is 95.2 cm³/mol. The number of hydrogen-bond acceptors (Lipinski definition) is 5. The number of H-pyrrole nitrogens is 1. The van der Waals surface area contributed by atoms with Crippen molar-refractivity contribution in [1.29, 1.82) is 0 Å². The van der Waals surface area contributed by atoms with Crippen LogP contribution in [-0.2, 0) is 6.42 Å². The van der Waals surface area contributed by atoms with E-state index in [2.05, 4.69) is 21.2 Å². The molecule has 6 nitrogen and oxygen atoms in total. The van der Waals surface area contributed by atoms with E-state index < -0.39 is 0 Å². The average molecular weight is 334 g/mol. The topological polar surface area (TPSA) is 90.0 Å². The predicted octanol–water partition coefficient (Wildman–Crippen LogP) is 3.47. The van der Waals surface area contributed by atoms with Crippen molar-refractivity contribution in [3.05, 3.63) is 66.2 Å². The van der Waals surface area contributed by atoms with Gasteiger partial charge in [0.25, 0.3) is 0 Å². The van der Waals surface area contributed by atoms with Gasteiger partial charge in [0.05, 0.1) is 13.2 Å². The van der Waals surface area contributed by atoms with Gasteiger partial charge < -0.3 is 20.0 Å². The van der Waals surface area contributed by atoms with Crippen LogP contribution in [0.4, 0.5) is 0 Å². The van der Waals surface area contributed by atoms with Gasteiger partial charge in [0.2, 0.25) is 11.7 Å². The summed E-state index contributed by atoms with van der Waals surface area (Å²) in [5, 5.41) is 5.20. The van der Waals surface area contributed by atoms with Crippen LogP contribution in [0.1, 0.15) is 17.5 Å². The normalized spacial score (nSPS) is 12.4. The van der Waals surface area contributed by atoms with Crippen molar-refractivity contribution in [3.8, 4) is 17.1 Å². The molecule has 126 valence electrons. The molecule has 4 rings (SSSR count). The fourth-order valence-electron chi connectivity index (χ4n) is 2.87. The Morgan fingerprint density at radius 1 is 1.16 bits per heavy atom. The van der Waals surface area contributed by atoms with Gasteiger partial charge in [-0.3, -0.25) is 0 Å². The monoisotopic (exact) mass is 334 g/mol. The molecule has 0 aliphatic rings. The highest BCUT2D eigenvalue weighted by Gasteiger charge is 2.18. The smallest absolute Gasteiger partial charge is 0.244 e. The molecule has 3 N–H and O–H groups in total. The molecule has 2 aromatic heterocycles. The van der Waals surface area contributed by atoms with Crippen LogP contribution in [0.25, 0.3) is 22.3 Å². The summed E-state index contributed by atoms with van der Waals surface area (Å²) in [6.07, 6.45) is 2.60. The second kappa shape index (κ2) is 6.41. The summed E-state index contributed by atoms with van der Waals surface area (Å²) in [4.78, 5) is 7.70. The molecule has 25 heavy (non-hydrogen) atoms. The Kier molecular flexibility index (Phi) is 3.95. The summed E-state index contributed by atoms with van der Waals surface area (Å²) in [5.74, 6) is 1.73. The first-order valence-corrected chi connectivity index (χ1v) is 8.03. The highest BCUT2D eigenvalue weighted by Crippen LogP contribution is 2.25. The molecule has 0 amide bonds. The van der Waals surface area contributed by atoms with Crippen molar-refractivity contribution in [2.24, 2.45) is 5.73 Å². The van der Waals surface area contributed by atoms with Crippen LogP contribution >= 0.6 is 0 Å². The molecule has 0 fully saturated rings. The number of rotatable bonds is 5. The quantitative estimate of drug-likeness (QED) is 0.583. The molecule has 0 saturated carbocycles. The van der Waals surface area contributed by atoms with Gasteiger partial charge in [-0.15, -0.1) is 0 Å². The molecule has 0 aliphatic heterocycles. The van der Waals surface area contributed by atoms with E-state index in [9.17, 15) is 0 Å². The van der Waals surface area contributed by atoms with Gasteiger partial charge >= 0.3 is 0 Å². The molecule has 2 aromatic carbocycles. The summed E-state index contributed by atoms with van der Waals surface area (Å²) in [5.41, 5.74) is 9.36. The van der Waals surface area contributed by atoms with E-state index in [1.807, 2.05) is 48.7 Å². The van der Waals surface area contributed by atoms with E-state index in [1.165, 1.54) is 0 Å². The number of hydrogen-bond donors (Lipinski definition) is 2. The number of benzene rings is 2. The zero-order valence-electron chi connectivity index (χ0n) is 13.8. The van der Waals surface area contributed by atoms with Crippen LogP contribution in [0.2, 0.25) is 0 Å². The number of nitrogens with zero attached hydrogens (tertiary/aromatic N) is 2. The average Bonchev–Trinajstić information content (AvgIpc) is 3.30. The maximum atomic E-state index is 6.28. The Morgan fingerprint density at radius 2 is 1.96 bits per heavy atom. The first-order chi connectivity index (χ1) is 12.2. The minimum Gasteiger partial charge on any atom is -0.497 e.